The fourth-order valence-corrected chi connectivity index (χ4v) is 3.27. The maximum absolute atomic E-state index is 12.3. The second kappa shape index (κ2) is 9.42. The molecule has 3 N–H and O–H groups in total. The normalized spacial score (nSPS) is 17.8. The first-order valence-corrected chi connectivity index (χ1v) is 8.67. The monoisotopic (exact) mass is 297 g/mol. The molecule has 4 heteroatoms. The van der Waals surface area contributed by atoms with Crippen molar-refractivity contribution >= 4 is 5.91 Å². The molecule has 1 aliphatic heterocycles. The molecule has 1 heterocycles. The van der Waals surface area contributed by atoms with Gasteiger partial charge < -0.3 is 16.0 Å². The molecule has 1 amide bonds. The summed E-state index contributed by atoms with van der Waals surface area (Å²) in [6.07, 6.45) is 4.09. The number of nitrogens with one attached hydrogen (secondary N) is 1. The van der Waals surface area contributed by atoms with Gasteiger partial charge in [-0.1, -0.05) is 27.7 Å². The van der Waals surface area contributed by atoms with Crippen LogP contribution < -0.4 is 11.1 Å². The third kappa shape index (κ3) is 6.35. The van der Waals surface area contributed by atoms with E-state index < -0.39 is 0 Å². The Labute approximate surface area is 130 Å². The first-order chi connectivity index (χ1) is 9.95. The number of likely N-dealkylation sites (tertiary alicyclic amines) is 1. The maximum Gasteiger partial charge on any atom is 0.224 e. The van der Waals surface area contributed by atoms with Gasteiger partial charge in [0.05, 0.1) is 0 Å². The number of hydrogen-bond donors (Lipinski definition) is 2. The summed E-state index contributed by atoms with van der Waals surface area (Å²) in [7, 11) is 0. The Kier molecular flexibility index (Phi) is 8.27. The zero-order valence-electron chi connectivity index (χ0n) is 14.4. The molecule has 1 atom stereocenters. The Balaban J connectivity index is 2.41. The van der Waals surface area contributed by atoms with E-state index >= 15 is 0 Å². The van der Waals surface area contributed by atoms with Gasteiger partial charge in [0.2, 0.25) is 5.91 Å². The van der Waals surface area contributed by atoms with Crippen molar-refractivity contribution in [1.29, 1.82) is 0 Å². The van der Waals surface area contributed by atoms with E-state index in [9.17, 15) is 4.79 Å². The van der Waals surface area contributed by atoms with E-state index in [1.54, 1.807) is 0 Å². The lowest BCUT2D eigenvalue weighted by molar-refractivity contribution is -0.132. The van der Waals surface area contributed by atoms with Crippen molar-refractivity contribution in [2.24, 2.45) is 23.5 Å². The van der Waals surface area contributed by atoms with Gasteiger partial charge in [0.15, 0.2) is 0 Å². The van der Waals surface area contributed by atoms with Crippen molar-refractivity contribution in [3.05, 3.63) is 0 Å². The smallest absolute Gasteiger partial charge is 0.224 e. The average Bonchev–Trinajstić information content (AvgIpc) is 2.46. The van der Waals surface area contributed by atoms with Gasteiger partial charge in [0, 0.05) is 32.1 Å². The molecule has 124 valence electrons. The minimum atomic E-state index is 0.111. The predicted octanol–water partition coefficient (Wildman–Crippen LogP) is 2.23. The Bertz CT molecular complexity index is 290. The topological polar surface area (TPSA) is 58.4 Å². The molecule has 1 unspecified atom stereocenters. The maximum atomic E-state index is 12.3. The fourth-order valence-electron chi connectivity index (χ4n) is 3.27. The summed E-state index contributed by atoms with van der Waals surface area (Å²) in [5.74, 6) is 2.19. The summed E-state index contributed by atoms with van der Waals surface area (Å²) in [5.41, 5.74) is 5.86. The van der Waals surface area contributed by atoms with Crippen molar-refractivity contribution in [1.82, 2.24) is 10.2 Å². The highest BCUT2D eigenvalue weighted by Crippen LogP contribution is 2.19. The number of rotatable bonds is 8. The van der Waals surface area contributed by atoms with Crippen LogP contribution in [-0.2, 0) is 4.79 Å². The Morgan fingerprint density at radius 1 is 1.10 bits per heavy atom. The van der Waals surface area contributed by atoms with Crippen LogP contribution in [0.25, 0.3) is 0 Å². The van der Waals surface area contributed by atoms with Crippen LogP contribution >= 0.6 is 0 Å². The van der Waals surface area contributed by atoms with Crippen molar-refractivity contribution < 1.29 is 4.79 Å². The molecule has 0 spiro atoms. The van der Waals surface area contributed by atoms with E-state index in [1.807, 2.05) is 4.90 Å². The lowest BCUT2D eigenvalue weighted by Crippen LogP contribution is -2.45. The van der Waals surface area contributed by atoms with Crippen LogP contribution in [0.15, 0.2) is 0 Å². The minimum absolute atomic E-state index is 0.111. The van der Waals surface area contributed by atoms with Crippen molar-refractivity contribution in [3.63, 3.8) is 0 Å². The summed E-state index contributed by atoms with van der Waals surface area (Å²) >= 11 is 0. The number of amides is 1. The number of carbonyl (C=O) groups is 1. The van der Waals surface area contributed by atoms with Gasteiger partial charge in [-0.3, -0.25) is 4.79 Å². The summed E-state index contributed by atoms with van der Waals surface area (Å²) in [6, 6.07) is 0.111. The number of nitrogens with zero attached hydrogens (tertiary/aromatic N) is 1. The fraction of sp³-hybridized carbons (Fsp3) is 0.941. The number of carbonyl (C=O) groups excluding carboxylic acids is 1. The van der Waals surface area contributed by atoms with Crippen LogP contribution in [0, 0.1) is 17.8 Å². The number of piperidine rings is 1. The molecular weight excluding hydrogens is 262 g/mol. The third-order valence-electron chi connectivity index (χ3n) is 4.77. The highest BCUT2D eigenvalue weighted by atomic mass is 16.2. The van der Waals surface area contributed by atoms with Gasteiger partial charge in [-0.25, -0.2) is 0 Å². The van der Waals surface area contributed by atoms with Crippen LogP contribution in [-0.4, -0.2) is 43.0 Å². The SMILES string of the molecule is CC(C)C(CNC(CN)CC(=O)N1CCCCC1)C(C)C. The molecule has 0 bridgehead atoms. The molecule has 0 aromatic carbocycles. The zero-order chi connectivity index (χ0) is 15.8. The highest BCUT2D eigenvalue weighted by molar-refractivity contribution is 5.76. The van der Waals surface area contributed by atoms with Gasteiger partial charge >= 0.3 is 0 Å². The molecule has 1 fully saturated rings. The van der Waals surface area contributed by atoms with E-state index in [2.05, 4.69) is 33.0 Å². The van der Waals surface area contributed by atoms with Crippen LogP contribution in [0.5, 0.6) is 0 Å². The van der Waals surface area contributed by atoms with Gasteiger partial charge in [0.1, 0.15) is 0 Å². The summed E-state index contributed by atoms with van der Waals surface area (Å²) in [4.78, 5) is 14.3. The second-order valence-electron chi connectivity index (χ2n) is 7.14. The highest BCUT2D eigenvalue weighted by Gasteiger charge is 2.22. The second-order valence-corrected chi connectivity index (χ2v) is 7.14. The molecule has 4 nitrogen and oxygen atoms in total. The Morgan fingerprint density at radius 3 is 2.14 bits per heavy atom. The quantitative estimate of drug-likeness (QED) is 0.722. The molecule has 0 aliphatic carbocycles. The Morgan fingerprint density at radius 2 is 1.67 bits per heavy atom. The van der Waals surface area contributed by atoms with E-state index in [-0.39, 0.29) is 11.9 Å². The van der Waals surface area contributed by atoms with Crippen molar-refractivity contribution in [3.8, 4) is 0 Å². The molecule has 0 saturated carbocycles. The summed E-state index contributed by atoms with van der Waals surface area (Å²) in [5, 5.41) is 3.53. The standard InChI is InChI=1S/C17H35N3O/c1-13(2)16(14(3)4)12-19-15(11-18)10-17(21)20-8-6-5-7-9-20/h13-16,19H,5-12,18H2,1-4H3. The van der Waals surface area contributed by atoms with Crippen molar-refractivity contribution in [2.75, 3.05) is 26.2 Å². The van der Waals surface area contributed by atoms with Gasteiger partial charge in [-0.15, -0.1) is 0 Å². The van der Waals surface area contributed by atoms with Crippen LogP contribution in [0.1, 0.15) is 53.4 Å². The lowest BCUT2D eigenvalue weighted by Gasteiger charge is -2.30. The van der Waals surface area contributed by atoms with E-state index in [0.29, 0.717) is 30.7 Å². The van der Waals surface area contributed by atoms with Gasteiger partial charge in [0.25, 0.3) is 0 Å². The van der Waals surface area contributed by atoms with E-state index in [0.717, 1.165) is 32.5 Å². The molecule has 1 saturated heterocycles. The van der Waals surface area contributed by atoms with Crippen LogP contribution in [0.3, 0.4) is 0 Å². The summed E-state index contributed by atoms with van der Waals surface area (Å²) in [6.45, 7) is 12.4. The van der Waals surface area contributed by atoms with Gasteiger partial charge in [-0.05, 0) is 43.6 Å². The molecule has 0 aromatic heterocycles. The van der Waals surface area contributed by atoms with Crippen LogP contribution in [0.2, 0.25) is 0 Å². The van der Waals surface area contributed by atoms with Crippen LogP contribution in [0.4, 0.5) is 0 Å². The number of nitrogens with two attached hydrogens (primary N) is 1. The average molecular weight is 297 g/mol. The molecule has 0 radical (unpaired) electrons. The first-order valence-electron chi connectivity index (χ1n) is 8.67. The number of hydrogen-bond acceptors (Lipinski definition) is 3. The molecular formula is C17H35N3O. The zero-order valence-corrected chi connectivity index (χ0v) is 14.4. The molecule has 0 aromatic rings. The van der Waals surface area contributed by atoms with E-state index in [1.165, 1.54) is 6.42 Å². The molecule has 1 aliphatic rings. The van der Waals surface area contributed by atoms with Gasteiger partial charge in [-0.2, -0.15) is 0 Å². The Hall–Kier alpha value is -0.610. The largest absolute Gasteiger partial charge is 0.343 e. The van der Waals surface area contributed by atoms with Crippen molar-refractivity contribution in [2.45, 2.75) is 59.4 Å². The minimum Gasteiger partial charge on any atom is -0.343 e. The first kappa shape index (κ1) is 18.4. The summed E-state index contributed by atoms with van der Waals surface area (Å²) < 4.78 is 0. The molecule has 1 rings (SSSR count). The lowest BCUT2D eigenvalue weighted by atomic mass is 9.85. The predicted molar refractivity (Wildman–Crippen MR) is 89.1 cm³/mol. The van der Waals surface area contributed by atoms with E-state index in [4.69, 9.17) is 5.73 Å². The molecule has 21 heavy (non-hydrogen) atoms. The third-order valence-corrected chi connectivity index (χ3v) is 4.77.